The fourth-order valence-electron chi connectivity index (χ4n) is 0.164. The first-order valence-corrected chi connectivity index (χ1v) is 4.21. The van der Waals surface area contributed by atoms with Crippen molar-refractivity contribution >= 4 is 47.8 Å². The highest BCUT2D eigenvalue weighted by atomic mass is 80.0. The van der Waals surface area contributed by atoms with Crippen LogP contribution in [0.2, 0.25) is 0 Å². The van der Waals surface area contributed by atoms with Gasteiger partial charge in [-0.05, 0) is 13.0 Å². The molecule has 0 saturated carbocycles. The van der Waals surface area contributed by atoms with Crippen LogP contribution in [0.1, 0.15) is 6.42 Å². The number of halogens is 3. The van der Waals surface area contributed by atoms with E-state index in [1.807, 2.05) is 0 Å². The van der Waals surface area contributed by atoms with Gasteiger partial charge in [0, 0.05) is 0 Å². The summed E-state index contributed by atoms with van der Waals surface area (Å²) in [7, 11) is 0. The number of nitrogens with two attached hydrogens (primary N) is 1. The second kappa shape index (κ2) is 3.43. The van der Waals surface area contributed by atoms with Gasteiger partial charge < -0.3 is 5.73 Å². The number of alkyl halides is 3. The Hall–Kier alpha value is 1.40. The van der Waals surface area contributed by atoms with Gasteiger partial charge in [-0.15, -0.1) is 0 Å². The lowest BCUT2D eigenvalue weighted by atomic mass is 10.5. The van der Waals surface area contributed by atoms with Crippen LogP contribution in [-0.4, -0.2) is 8.69 Å². The molecule has 44 valence electrons. The van der Waals surface area contributed by atoms with E-state index >= 15 is 0 Å². The summed E-state index contributed by atoms with van der Waals surface area (Å²) in [4.78, 5) is 0. The van der Waals surface area contributed by atoms with Crippen molar-refractivity contribution in [3.63, 3.8) is 0 Å². The van der Waals surface area contributed by atoms with Gasteiger partial charge in [0.05, 0.1) is 0 Å². The highest BCUT2D eigenvalue weighted by Crippen LogP contribution is 2.35. The summed E-state index contributed by atoms with van der Waals surface area (Å²) in [5.74, 6) is 0. The van der Waals surface area contributed by atoms with Gasteiger partial charge in [-0.3, -0.25) is 0 Å². The lowest BCUT2D eigenvalue weighted by Gasteiger charge is -2.07. The molecule has 0 aliphatic rings. The topological polar surface area (TPSA) is 26.0 Å². The molecular formula is C3H6Br3N. The zero-order chi connectivity index (χ0) is 5.91. The van der Waals surface area contributed by atoms with Crippen molar-refractivity contribution in [2.45, 2.75) is 8.56 Å². The summed E-state index contributed by atoms with van der Waals surface area (Å²) >= 11 is 9.88. The van der Waals surface area contributed by atoms with Crippen LogP contribution in [0.3, 0.4) is 0 Å². The Morgan fingerprint density at radius 3 is 1.71 bits per heavy atom. The SMILES string of the molecule is NCCC(Br)(Br)Br. The molecule has 0 aromatic heterocycles. The Morgan fingerprint density at radius 1 is 1.29 bits per heavy atom. The molecule has 0 radical (unpaired) electrons. The van der Waals surface area contributed by atoms with Crippen molar-refractivity contribution in [2.75, 3.05) is 6.54 Å². The van der Waals surface area contributed by atoms with Crippen LogP contribution in [0.25, 0.3) is 0 Å². The average molecular weight is 296 g/mol. The van der Waals surface area contributed by atoms with E-state index in [4.69, 9.17) is 5.73 Å². The molecule has 7 heavy (non-hydrogen) atoms. The summed E-state index contributed by atoms with van der Waals surface area (Å²) in [5, 5.41) is 0. The highest BCUT2D eigenvalue weighted by molar-refractivity contribution is 9.39. The van der Waals surface area contributed by atoms with Crippen LogP contribution < -0.4 is 5.73 Å². The van der Waals surface area contributed by atoms with E-state index in [2.05, 4.69) is 47.8 Å². The normalized spacial score (nSPS) is 12.0. The van der Waals surface area contributed by atoms with Gasteiger partial charge in [0.1, 0.15) is 2.14 Å². The number of hydrogen-bond acceptors (Lipinski definition) is 1. The van der Waals surface area contributed by atoms with E-state index in [-0.39, 0.29) is 2.14 Å². The molecule has 1 nitrogen and oxygen atoms in total. The van der Waals surface area contributed by atoms with Gasteiger partial charge >= 0.3 is 0 Å². The Morgan fingerprint density at radius 2 is 1.71 bits per heavy atom. The minimum Gasteiger partial charge on any atom is -0.330 e. The largest absolute Gasteiger partial charge is 0.330 e. The average Bonchev–Trinajstić information content (AvgIpc) is 1.30. The smallest absolute Gasteiger partial charge is 0.136 e. The Balaban J connectivity index is 3.15. The maximum absolute atomic E-state index is 5.22. The molecule has 0 aromatic rings. The molecule has 0 spiro atoms. The molecule has 0 aromatic carbocycles. The van der Waals surface area contributed by atoms with E-state index < -0.39 is 0 Å². The Kier molecular flexibility index (Phi) is 4.12. The molecule has 0 aliphatic carbocycles. The summed E-state index contributed by atoms with van der Waals surface area (Å²) in [6, 6.07) is 0. The Labute approximate surface area is 68.4 Å². The first-order chi connectivity index (χ1) is 3.06. The monoisotopic (exact) mass is 293 g/mol. The quantitative estimate of drug-likeness (QED) is 0.737. The van der Waals surface area contributed by atoms with Gasteiger partial charge in [0.15, 0.2) is 0 Å². The van der Waals surface area contributed by atoms with Crippen LogP contribution in [-0.2, 0) is 0 Å². The van der Waals surface area contributed by atoms with Crippen LogP contribution in [0, 0.1) is 0 Å². The molecule has 0 atom stereocenters. The molecule has 2 N–H and O–H groups in total. The van der Waals surface area contributed by atoms with Crippen LogP contribution in [0.4, 0.5) is 0 Å². The third kappa shape index (κ3) is 7.40. The first-order valence-electron chi connectivity index (χ1n) is 1.83. The summed E-state index contributed by atoms with van der Waals surface area (Å²) in [6.45, 7) is 0.668. The van der Waals surface area contributed by atoms with E-state index in [1.54, 1.807) is 0 Å². The van der Waals surface area contributed by atoms with Gasteiger partial charge in [0.25, 0.3) is 0 Å². The standard InChI is InChI=1S/C3H6Br3N/c4-3(5,6)1-2-7/h1-2,7H2. The maximum atomic E-state index is 5.22. The molecule has 0 saturated heterocycles. The highest BCUT2D eigenvalue weighted by Gasteiger charge is 2.14. The van der Waals surface area contributed by atoms with Crippen molar-refractivity contribution in [2.24, 2.45) is 5.73 Å². The van der Waals surface area contributed by atoms with Crippen LogP contribution >= 0.6 is 47.8 Å². The molecule has 0 rings (SSSR count). The van der Waals surface area contributed by atoms with Gasteiger partial charge in [0.2, 0.25) is 0 Å². The summed E-state index contributed by atoms with van der Waals surface area (Å²) < 4.78 is -0.137. The van der Waals surface area contributed by atoms with E-state index in [9.17, 15) is 0 Å². The summed E-state index contributed by atoms with van der Waals surface area (Å²) in [5.41, 5.74) is 5.22. The van der Waals surface area contributed by atoms with E-state index in [0.29, 0.717) is 6.54 Å². The second-order valence-electron chi connectivity index (χ2n) is 1.15. The molecule has 0 bridgehead atoms. The molecule has 0 amide bonds. The fraction of sp³-hybridized carbons (Fsp3) is 1.00. The third-order valence-corrected chi connectivity index (χ3v) is 1.62. The molecule has 4 heteroatoms. The molecule has 0 fully saturated rings. The lowest BCUT2D eigenvalue weighted by Crippen LogP contribution is -2.08. The molecule has 0 unspecified atom stereocenters. The van der Waals surface area contributed by atoms with Crippen molar-refractivity contribution in [1.82, 2.24) is 0 Å². The summed E-state index contributed by atoms with van der Waals surface area (Å²) in [6.07, 6.45) is 0.868. The fourth-order valence-corrected chi connectivity index (χ4v) is 0.850. The second-order valence-corrected chi connectivity index (χ2v) is 8.41. The predicted octanol–water partition coefficient (Wildman–Crippen LogP) is 2.17. The van der Waals surface area contributed by atoms with Gasteiger partial charge in [-0.1, -0.05) is 47.8 Å². The van der Waals surface area contributed by atoms with Crippen molar-refractivity contribution < 1.29 is 0 Å². The maximum Gasteiger partial charge on any atom is 0.136 e. The number of hydrogen-bond donors (Lipinski definition) is 1. The van der Waals surface area contributed by atoms with Crippen LogP contribution in [0.5, 0.6) is 0 Å². The van der Waals surface area contributed by atoms with Crippen molar-refractivity contribution in [3.05, 3.63) is 0 Å². The zero-order valence-electron chi connectivity index (χ0n) is 3.63. The minimum absolute atomic E-state index is 0.137. The minimum atomic E-state index is -0.137. The number of rotatable bonds is 1. The third-order valence-electron chi connectivity index (χ3n) is 0.428. The zero-order valence-corrected chi connectivity index (χ0v) is 8.38. The lowest BCUT2D eigenvalue weighted by molar-refractivity contribution is 0.909. The Bertz CT molecular complexity index is 48.6. The van der Waals surface area contributed by atoms with Gasteiger partial charge in [-0.25, -0.2) is 0 Å². The van der Waals surface area contributed by atoms with E-state index in [0.717, 1.165) is 6.42 Å². The van der Waals surface area contributed by atoms with E-state index in [1.165, 1.54) is 0 Å². The van der Waals surface area contributed by atoms with Crippen LogP contribution in [0.15, 0.2) is 0 Å². The molecular weight excluding hydrogens is 290 g/mol. The van der Waals surface area contributed by atoms with Gasteiger partial charge in [-0.2, -0.15) is 0 Å². The van der Waals surface area contributed by atoms with Crippen molar-refractivity contribution in [1.29, 1.82) is 0 Å². The first kappa shape index (κ1) is 8.40. The predicted molar refractivity (Wildman–Crippen MR) is 43.2 cm³/mol. The van der Waals surface area contributed by atoms with Crippen molar-refractivity contribution in [3.8, 4) is 0 Å². The molecule has 0 aliphatic heterocycles. The molecule has 0 heterocycles.